The molecule has 3 aromatic rings. The van der Waals surface area contributed by atoms with E-state index in [0.29, 0.717) is 24.4 Å². The van der Waals surface area contributed by atoms with Gasteiger partial charge in [-0.05, 0) is 49.3 Å². The number of ether oxygens (including phenoxy) is 1. The summed E-state index contributed by atoms with van der Waals surface area (Å²) in [6.45, 7) is 1.26. The minimum Gasteiger partial charge on any atom is -0.760 e. The van der Waals surface area contributed by atoms with Gasteiger partial charge in [0.05, 0.1) is 24.6 Å². The summed E-state index contributed by atoms with van der Waals surface area (Å²) in [5.41, 5.74) is 3.51. The standard InChI is InChI=1S/C21H26N4O4S/c26-30(27)24-19(14-6-2-1-3-7-14)20-18-17(29-23-20)12-15(13-25-10-5-9-22-25)16-8-4-11-28-21(16)18/h5,9-10,12,14,19,24H,1-4,6-8,11,13H2,(H,26,27)/p-1. The van der Waals surface area contributed by atoms with Gasteiger partial charge in [-0.3, -0.25) is 8.89 Å². The topological polar surface area (TPSA) is 105 Å². The maximum Gasteiger partial charge on any atom is 0.171 e. The lowest BCUT2D eigenvalue weighted by atomic mass is 9.82. The minimum absolute atomic E-state index is 0.202. The Labute approximate surface area is 177 Å². The summed E-state index contributed by atoms with van der Waals surface area (Å²) in [4.78, 5) is 0. The van der Waals surface area contributed by atoms with Gasteiger partial charge in [-0.25, -0.2) is 4.72 Å². The molecule has 0 bridgehead atoms. The number of rotatable bonds is 6. The summed E-state index contributed by atoms with van der Waals surface area (Å²) in [6.07, 6.45) is 10.9. The number of nitrogens with zero attached hydrogens (tertiary/aromatic N) is 3. The molecular weight excluding hydrogens is 404 g/mol. The van der Waals surface area contributed by atoms with Crippen molar-refractivity contribution in [1.82, 2.24) is 19.7 Å². The zero-order valence-electron chi connectivity index (χ0n) is 16.7. The van der Waals surface area contributed by atoms with Crippen LogP contribution in [0.2, 0.25) is 0 Å². The normalized spacial score (nSPS) is 19.4. The van der Waals surface area contributed by atoms with Crippen LogP contribution in [0.4, 0.5) is 0 Å². The Bertz CT molecular complexity index is 1040. The predicted octanol–water partition coefficient (Wildman–Crippen LogP) is 3.40. The molecule has 160 valence electrons. The number of nitrogens with one attached hydrogen (secondary N) is 1. The quantitative estimate of drug-likeness (QED) is 0.602. The van der Waals surface area contributed by atoms with E-state index in [1.54, 1.807) is 6.20 Å². The summed E-state index contributed by atoms with van der Waals surface area (Å²) in [5.74, 6) is 0.990. The maximum atomic E-state index is 11.6. The molecule has 1 aliphatic heterocycles. The van der Waals surface area contributed by atoms with E-state index in [4.69, 9.17) is 9.26 Å². The van der Waals surface area contributed by atoms with Crippen LogP contribution < -0.4 is 9.46 Å². The van der Waals surface area contributed by atoms with Crippen molar-refractivity contribution in [2.45, 2.75) is 57.5 Å². The molecule has 0 amide bonds. The van der Waals surface area contributed by atoms with Crippen LogP contribution in [0.1, 0.15) is 61.4 Å². The van der Waals surface area contributed by atoms with Gasteiger partial charge in [0.15, 0.2) is 5.58 Å². The Kier molecular flexibility index (Phi) is 5.58. The van der Waals surface area contributed by atoms with Crippen molar-refractivity contribution in [1.29, 1.82) is 0 Å². The van der Waals surface area contributed by atoms with Gasteiger partial charge in [0, 0.05) is 29.2 Å². The molecule has 0 spiro atoms. The number of hydrogen-bond acceptors (Lipinski definition) is 6. The highest BCUT2D eigenvalue weighted by Crippen LogP contribution is 2.43. The van der Waals surface area contributed by atoms with Gasteiger partial charge < -0.3 is 13.8 Å². The second-order valence-corrected chi connectivity index (χ2v) is 8.87. The summed E-state index contributed by atoms with van der Waals surface area (Å²) < 4.78 is 39.6. The highest BCUT2D eigenvalue weighted by atomic mass is 32.2. The first-order valence-electron chi connectivity index (χ1n) is 10.6. The first-order valence-corrected chi connectivity index (χ1v) is 11.7. The van der Waals surface area contributed by atoms with Crippen molar-refractivity contribution in [2.75, 3.05) is 6.61 Å². The van der Waals surface area contributed by atoms with E-state index < -0.39 is 17.3 Å². The summed E-state index contributed by atoms with van der Waals surface area (Å²) in [7, 11) is 0. The van der Waals surface area contributed by atoms with Crippen LogP contribution in [-0.4, -0.2) is 30.3 Å². The molecule has 0 radical (unpaired) electrons. The molecule has 5 rings (SSSR count). The summed E-state index contributed by atoms with van der Waals surface area (Å²) in [6, 6.07) is 3.50. The molecular formula is C21H25N4O4S-. The van der Waals surface area contributed by atoms with E-state index in [1.807, 2.05) is 23.0 Å². The number of fused-ring (bicyclic) bond motifs is 3. The van der Waals surface area contributed by atoms with Crippen LogP contribution in [0.15, 0.2) is 29.0 Å². The van der Waals surface area contributed by atoms with Crippen LogP contribution in [0, 0.1) is 5.92 Å². The Morgan fingerprint density at radius 2 is 2.17 bits per heavy atom. The van der Waals surface area contributed by atoms with E-state index in [9.17, 15) is 8.76 Å². The Morgan fingerprint density at radius 1 is 1.30 bits per heavy atom. The molecule has 2 aromatic heterocycles. The van der Waals surface area contributed by atoms with Gasteiger partial charge in [-0.1, -0.05) is 24.4 Å². The third kappa shape index (κ3) is 3.77. The molecule has 2 unspecified atom stereocenters. The second kappa shape index (κ2) is 8.49. The molecule has 8 nitrogen and oxygen atoms in total. The molecule has 2 aliphatic rings. The van der Waals surface area contributed by atoms with Crippen LogP contribution in [0.5, 0.6) is 5.75 Å². The first-order chi connectivity index (χ1) is 14.7. The highest BCUT2D eigenvalue weighted by Gasteiger charge is 2.32. The fourth-order valence-electron chi connectivity index (χ4n) is 4.91. The van der Waals surface area contributed by atoms with Crippen molar-refractivity contribution in [3.63, 3.8) is 0 Å². The zero-order valence-corrected chi connectivity index (χ0v) is 17.5. The van der Waals surface area contributed by atoms with Gasteiger partial charge in [0.1, 0.15) is 11.4 Å². The van der Waals surface area contributed by atoms with Gasteiger partial charge >= 0.3 is 0 Å². The maximum absolute atomic E-state index is 11.6. The Morgan fingerprint density at radius 3 is 2.93 bits per heavy atom. The monoisotopic (exact) mass is 429 g/mol. The smallest absolute Gasteiger partial charge is 0.171 e. The van der Waals surface area contributed by atoms with Gasteiger partial charge in [0.2, 0.25) is 0 Å². The van der Waals surface area contributed by atoms with E-state index in [1.165, 1.54) is 6.42 Å². The van der Waals surface area contributed by atoms with Crippen LogP contribution in [0.25, 0.3) is 11.0 Å². The largest absolute Gasteiger partial charge is 0.760 e. The van der Waals surface area contributed by atoms with Crippen molar-refractivity contribution < 1.29 is 18.0 Å². The van der Waals surface area contributed by atoms with E-state index in [2.05, 4.69) is 15.0 Å². The number of benzene rings is 1. The number of hydrogen-bond donors (Lipinski definition) is 1. The number of aromatic nitrogens is 3. The average molecular weight is 430 g/mol. The van der Waals surface area contributed by atoms with Gasteiger partial charge in [-0.2, -0.15) is 5.10 Å². The zero-order chi connectivity index (χ0) is 20.5. The molecule has 0 saturated heterocycles. The predicted molar refractivity (Wildman–Crippen MR) is 111 cm³/mol. The molecule has 1 aliphatic carbocycles. The SMILES string of the molecule is O=S([O-])NC(c1noc2cc(Cn3cccn3)c3c(c12)OCCC3)C1CCCCC1. The molecule has 9 heteroatoms. The Balaban J connectivity index is 1.61. The molecule has 2 atom stereocenters. The third-order valence-corrected chi connectivity index (χ3v) is 6.73. The van der Waals surface area contributed by atoms with Crippen molar-refractivity contribution >= 4 is 22.2 Å². The molecule has 1 aromatic carbocycles. The van der Waals surface area contributed by atoms with Gasteiger partial charge in [-0.15, -0.1) is 0 Å². The van der Waals surface area contributed by atoms with Crippen molar-refractivity contribution in [3.8, 4) is 5.75 Å². The lowest BCUT2D eigenvalue weighted by molar-refractivity contribution is 0.279. The van der Waals surface area contributed by atoms with E-state index in [0.717, 1.165) is 60.8 Å². The summed E-state index contributed by atoms with van der Waals surface area (Å²) >= 11 is -2.39. The molecule has 3 heterocycles. The van der Waals surface area contributed by atoms with Gasteiger partial charge in [0.25, 0.3) is 0 Å². The first kappa shape index (κ1) is 19.7. The summed E-state index contributed by atoms with van der Waals surface area (Å²) in [5, 5.41) is 9.48. The second-order valence-electron chi connectivity index (χ2n) is 8.17. The van der Waals surface area contributed by atoms with E-state index in [-0.39, 0.29) is 5.92 Å². The highest BCUT2D eigenvalue weighted by molar-refractivity contribution is 7.77. The lowest BCUT2D eigenvalue weighted by Gasteiger charge is -2.31. The minimum atomic E-state index is -2.39. The molecule has 1 N–H and O–H groups in total. The van der Waals surface area contributed by atoms with Crippen molar-refractivity contribution in [2.24, 2.45) is 5.92 Å². The molecule has 1 saturated carbocycles. The fraction of sp³-hybridized carbons (Fsp3) is 0.524. The Hall–Kier alpha value is -2.23. The molecule has 1 fully saturated rings. The van der Waals surface area contributed by atoms with Crippen LogP contribution in [0.3, 0.4) is 0 Å². The molecule has 30 heavy (non-hydrogen) atoms. The third-order valence-electron chi connectivity index (χ3n) is 6.29. The van der Waals surface area contributed by atoms with Crippen molar-refractivity contribution in [3.05, 3.63) is 41.3 Å². The average Bonchev–Trinajstić information content (AvgIpc) is 3.43. The fourth-order valence-corrected chi connectivity index (χ4v) is 5.42. The van der Waals surface area contributed by atoms with Crippen LogP contribution >= 0.6 is 0 Å². The lowest BCUT2D eigenvalue weighted by Crippen LogP contribution is -2.31. The van der Waals surface area contributed by atoms with E-state index >= 15 is 0 Å². The van der Waals surface area contributed by atoms with Crippen LogP contribution in [-0.2, 0) is 24.2 Å².